The Bertz CT molecular complexity index is 683. The normalized spacial score (nSPS) is 19.4. The molecule has 0 spiro atoms. The number of hydrogen-bond acceptors (Lipinski definition) is 5. The van der Waals surface area contributed by atoms with Crippen molar-refractivity contribution in [2.45, 2.75) is 50.6 Å². The summed E-state index contributed by atoms with van der Waals surface area (Å²) in [6.07, 6.45) is 1.90. The topological polar surface area (TPSA) is 105 Å². The summed E-state index contributed by atoms with van der Waals surface area (Å²) in [5, 5.41) is 10.2. The van der Waals surface area contributed by atoms with E-state index < -0.39 is 16.1 Å². The summed E-state index contributed by atoms with van der Waals surface area (Å²) in [5.41, 5.74) is 0.959. The standard InChI is InChI=1S/C14H25N5O3S.ClH/c1-9-13(11(3)19(4)17-9)23(21,22)18-10(2)14(20)16-12-6-5-7-15-8-12;/h10,12,15,18H,5-8H2,1-4H3,(H,16,20);1H. The molecule has 0 aliphatic carbocycles. The van der Waals surface area contributed by atoms with Gasteiger partial charge in [0.05, 0.1) is 17.4 Å². The van der Waals surface area contributed by atoms with Gasteiger partial charge in [0.25, 0.3) is 0 Å². The highest BCUT2D eigenvalue weighted by molar-refractivity contribution is 7.89. The lowest BCUT2D eigenvalue weighted by molar-refractivity contribution is -0.123. The van der Waals surface area contributed by atoms with E-state index in [0.717, 1.165) is 19.4 Å². The third-order valence-electron chi connectivity index (χ3n) is 4.08. The van der Waals surface area contributed by atoms with E-state index >= 15 is 0 Å². The molecule has 2 rings (SSSR count). The molecule has 3 N–H and O–H groups in total. The van der Waals surface area contributed by atoms with Gasteiger partial charge >= 0.3 is 0 Å². The zero-order valence-corrected chi connectivity index (χ0v) is 16.1. The van der Waals surface area contributed by atoms with E-state index in [0.29, 0.717) is 17.9 Å². The van der Waals surface area contributed by atoms with Gasteiger partial charge in [-0.05, 0) is 40.2 Å². The van der Waals surface area contributed by atoms with Gasteiger partial charge in [-0.1, -0.05) is 0 Å². The first kappa shape index (κ1) is 20.9. The second-order valence-electron chi connectivity index (χ2n) is 6.02. The molecule has 1 saturated heterocycles. The summed E-state index contributed by atoms with van der Waals surface area (Å²) in [6, 6.07) is -0.800. The Balaban J connectivity index is 0.00000288. The molecule has 1 aliphatic heterocycles. The van der Waals surface area contributed by atoms with E-state index in [1.54, 1.807) is 27.8 Å². The van der Waals surface area contributed by atoms with Crippen LogP contribution in [0, 0.1) is 13.8 Å². The van der Waals surface area contributed by atoms with E-state index in [1.807, 2.05) is 0 Å². The van der Waals surface area contributed by atoms with Gasteiger partial charge in [-0.2, -0.15) is 9.82 Å². The summed E-state index contributed by atoms with van der Waals surface area (Å²) in [7, 11) is -2.11. The van der Waals surface area contributed by atoms with Crippen molar-refractivity contribution < 1.29 is 13.2 Å². The summed E-state index contributed by atoms with van der Waals surface area (Å²) in [4.78, 5) is 12.3. The van der Waals surface area contributed by atoms with Gasteiger partial charge in [0.15, 0.2) is 0 Å². The van der Waals surface area contributed by atoms with Gasteiger partial charge < -0.3 is 10.6 Å². The highest BCUT2D eigenvalue weighted by atomic mass is 35.5. The predicted octanol–water partition coefficient (Wildman–Crippen LogP) is -0.00626. The Morgan fingerprint density at radius 3 is 2.58 bits per heavy atom. The van der Waals surface area contributed by atoms with Crippen molar-refractivity contribution in [3.63, 3.8) is 0 Å². The first-order valence-corrected chi connectivity index (χ1v) is 9.24. The third-order valence-corrected chi connectivity index (χ3v) is 5.87. The fourth-order valence-corrected chi connectivity index (χ4v) is 4.43. The smallest absolute Gasteiger partial charge is 0.244 e. The number of halogens is 1. The van der Waals surface area contributed by atoms with Crippen LogP contribution >= 0.6 is 12.4 Å². The molecule has 1 fully saturated rings. The summed E-state index contributed by atoms with van der Waals surface area (Å²) < 4.78 is 29.0. The van der Waals surface area contributed by atoms with Crippen LogP contribution in [0.4, 0.5) is 0 Å². The summed E-state index contributed by atoms with van der Waals surface area (Å²) in [6.45, 7) is 6.54. The molecule has 0 aromatic carbocycles. The number of nitrogens with one attached hydrogen (secondary N) is 3. The van der Waals surface area contributed by atoms with Crippen LogP contribution in [0.5, 0.6) is 0 Å². The molecule has 10 heteroatoms. The monoisotopic (exact) mass is 379 g/mol. The van der Waals surface area contributed by atoms with Crippen LogP contribution < -0.4 is 15.4 Å². The number of piperidine rings is 1. The highest BCUT2D eigenvalue weighted by Crippen LogP contribution is 2.18. The maximum absolute atomic E-state index is 12.5. The number of rotatable bonds is 5. The minimum absolute atomic E-state index is 0. The summed E-state index contributed by atoms with van der Waals surface area (Å²) in [5.74, 6) is -0.318. The average Bonchev–Trinajstić information content (AvgIpc) is 2.73. The van der Waals surface area contributed by atoms with Gasteiger partial charge in [-0.15, -0.1) is 12.4 Å². The Labute approximate surface area is 149 Å². The lowest BCUT2D eigenvalue weighted by atomic mass is 10.1. The van der Waals surface area contributed by atoms with E-state index in [4.69, 9.17) is 0 Å². The van der Waals surface area contributed by atoms with Crippen molar-refractivity contribution >= 4 is 28.3 Å². The maximum atomic E-state index is 12.5. The van der Waals surface area contributed by atoms with E-state index in [2.05, 4.69) is 20.5 Å². The Morgan fingerprint density at radius 1 is 1.42 bits per heavy atom. The molecule has 1 aromatic heterocycles. The fraction of sp³-hybridized carbons (Fsp3) is 0.714. The molecule has 1 aromatic rings. The minimum atomic E-state index is -3.80. The van der Waals surface area contributed by atoms with Crippen molar-refractivity contribution in [1.82, 2.24) is 25.1 Å². The number of aromatic nitrogens is 2. The van der Waals surface area contributed by atoms with Crippen molar-refractivity contribution in [2.24, 2.45) is 7.05 Å². The molecule has 0 saturated carbocycles. The predicted molar refractivity (Wildman–Crippen MR) is 93.7 cm³/mol. The van der Waals surface area contributed by atoms with Crippen LogP contribution in [0.2, 0.25) is 0 Å². The molecule has 24 heavy (non-hydrogen) atoms. The first-order valence-electron chi connectivity index (χ1n) is 7.76. The van der Waals surface area contributed by atoms with Crippen molar-refractivity contribution in [3.8, 4) is 0 Å². The molecule has 2 atom stereocenters. The van der Waals surface area contributed by atoms with E-state index in [1.165, 1.54) is 4.68 Å². The van der Waals surface area contributed by atoms with Crippen LogP contribution in [-0.2, 0) is 21.9 Å². The van der Waals surface area contributed by atoms with Crippen molar-refractivity contribution in [1.29, 1.82) is 0 Å². The Kier molecular flexibility index (Phi) is 7.21. The SMILES string of the molecule is Cc1nn(C)c(C)c1S(=O)(=O)NC(C)C(=O)NC1CCCNC1.Cl. The molecule has 1 aliphatic rings. The molecule has 1 amide bonds. The average molecular weight is 380 g/mol. The third kappa shape index (κ3) is 4.69. The first-order chi connectivity index (χ1) is 10.7. The number of carbonyl (C=O) groups excluding carboxylic acids is 1. The van der Waals surface area contributed by atoms with Crippen LogP contribution in [-0.4, -0.2) is 49.3 Å². The molecule has 138 valence electrons. The fourth-order valence-electron chi connectivity index (χ4n) is 2.79. The van der Waals surface area contributed by atoms with E-state index in [9.17, 15) is 13.2 Å². The van der Waals surface area contributed by atoms with Crippen molar-refractivity contribution in [2.75, 3.05) is 13.1 Å². The zero-order chi connectivity index (χ0) is 17.2. The van der Waals surface area contributed by atoms with Gasteiger partial charge in [0, 0.05) is 19.6 Å². The van der Waals surface area contributed by atoms with Gasteiger partial charge in [0.1, 0.15) is 4.90 Å². The number of sulfonamides is 1. The Hall–Kier alpha value is -1.16. The summed E-state index contributed by atoms with van der Waals surface area (Å²) >= 11 is 0. The van der Waals surface area contributed by atoms with Gasteiger partial charge in [0.2, 0.25) is 15.9 Å². The number of carbonyl (C=O) groups is 1. The number of aryl methyl sites for hydroxylation is 2. The second kappa shape index (κ2) is 8.28. The number of hydrogen-bond donors (Lipinski definition) is 3. The highest BCUT2D eigenvalue weighted by Gasteiger charge is 2.28. The molecule has 2 heterocycles. The molecule has 2 unspecified atom stereocenters. The van der Waals surface area contributed by atoms with Crippen LogP contribution in [0.15, 0.2) is 4.90 Å². The van der Waals surface area contributed by atoms with Gasteiger partial charge in [-0.25, -0.2) is 8.42 Å². The van der Waals surface area contributed by atoms with Crippen LogP contribution in [0.25, 0.3) is 0 Å². The molecular formula is C14H26ClN5O3S. The molecular weight excluding hydrogens is 354 g/mol. The van der Waals surface area contributed by atoms with Crippen molar-refractivity contribution in [3.05, 3.63) is 11.4 Å². The van der Waals surface area contributed by atoms with Crippen LogP contribution in [0.1, 0.15) is 31.2 Å². The number of amides is 1. The Morgan fingerprint density at radius 2 is 2.08 bits per heavy atom. The quantitative estimate of drug-likeness (QED) is 0.667. The minimum Gasteiger partial charge on any atom is -0.351 e. The lowest BCUT2D eigenvalue weighted by Gasteiger charge is -2.25. The largest absolute Gasteiger partial charge is 0.351 e. The van der Waals surface area contributed by atoms with Crippen LogP contribution in [0.3, 0.4) is 0 Å². The second-order valence-corrected chi connectivity index (χ2v) is 7.67. The zero-order valence-electron chi connectivity index (χ0n) is 14.4. The molecule has 0 bridgehead atoms. The molecule has 8 nitrogen and oxygen atoms in total. The number of nitrogens with zero attached hydrogens (tertiary/aromatic N) is 2. The maximum Gasteiger partial charge on any atom is 0.244 e. The van der Waals surface area contributed by atoms with E-state index in [-0.39, 0.29) is 29.3 Å². The van der Waals surface area contributed by atoms with Gasteiger partial charge in [-0.3, -0.25) is 9.48 Å². The lowest BCUT2D eigenvalue weighted by Crippen LogP contribution is -2.52. The molecule has 0 radical (unpaired) electrons.